The molecule has 6 fully saturated rings. The van der Waals surface area contributed by atoms with Crippen LogP contribution in [-0.2, 0) is 56.5 Å². The number of nitrogens with zero attached hydrogens (tertiary/aromatic N) is 8. The Morgan fingerprint density at radius 1 is 0.500 bits per heavy atom. The Morgan fingerprint density at radius 3 is 1.41 bits per heavy atom. The predicted octanol–water partition coefficient (Wildman–Crippen LogP) is 24.2. The average Bonchev–Trinajstić information content (AvgIpc) is 1.46. The molecule has 18 rings (SSSR count). The summed E-state index contributed by atoms with van der Waals surface area (Å²) in [6.45, 7) is 29.2. The monoisotopic (exact) mass is 1840 g/mol. The molecule has 0 spiro atoms. The van der Waals surface area contributed by atoms with Gasteiger partial charge >= 0.3 is 0 Å². The Labute approximate surface area is 808 Å². The number of likely N-dealkylation sites (tertiary alicyclic amines) is 1. The lowest BCUT2D eigenvalue weighted by molar-refractivity contribution is -0.120. The maximum atomic E-state index is 13.1. The van der Waals surface area contributed by atoms with E-state index in [1.807, 2.05) is 32.0 Å². The van der Waals surface area contributed by atoms with Gasteiger partial charge in [-0.25, -0.2) is 19.9 Å². The van der Waals surface area contributed by atoms with Crippen LogP contribution in [0.25, 0.3) is 22.3 Å². The number of methoxy groups -OCH3 is 1. The molecule has 20 nitrogen and oxygen atoms in total. The van der Waals surface area contributed by atoms with Crippen molar-refractivity contribution < 1.29 is 38.6 Å². The van der Waals surface area contributed by atoms with Gasteiger partial charge in [0.2, 0.25) is 23.1 Å². The van der Waals surface area contributed by atoms with E-state index in [9.17, 15) is 29.1 Å². The standard InChI is InChI=1S/C30H38N4O3.C30H38N4O.C30H42N2O2.C26H32N2O2/c1-29(2)9-5-21(6-10-29)26-18-23(4-3-22(26)17-27(35)28-32-20-24(19-31)33-28)30(36)11-7-25(8-12-30)34-13-15-37-16-14-34;1-4-24-21-31-28(32-24)25(35)20-23-10-11-26(33-27(23)22-12-16-29(2,3)17-13-22)30(14-6-7-15-30)34-18-8-5-9-19-34;1-22-21-31-28(32-22)27(33)19-24-9-10-25(20-26(24)23-11-16-29(2,3)17-12-23)30(15-8-18-34-4)13-6-5-7-14-30;1-17-16-27-25(28-17)24(30)15-21-5-4-20(18-6-8-22(29)9-7-18)14-23(21)19-10-12-26(2,3)13-11-19/h3-5,18,20,25,36H,6-17H2,1-2H3,(H,32,33);1,10-12,21H,5-9,13-20H2,2-3H3,(H,31,32);9-11,20-21H,5-8,12-19H2,1-4H3,(H,31,32);4-5,10,14,16,18H,6-9,11-13,15H2,1-3H3,(H,27,28). The third kappa shape index (κ3) is 25.1. The zero-order valence-electron chi connectivity index (χ0n) is 83.4. The first kappa shape index (κ1) is 100. The number of nitrogens with one attached hydrogen (secondary N) is 4. The molecule has 0 bridgehead atoms. The Bertz CT molecular complexity index is 5770. The van der Waals surface area contributed by atoms with Gasteiger partial charge in [-0.3, -0.25) is 38.8 Å². The number of nitriles is 1. The highest BCUT2D eigenvalue weighted by atomic mass is 16.5. The lowest BCUT2D eigenvalue weighted by Crippen LogP contribution is -2.47. The molecule has 2 aliphatic heterocycles. The molecular weight excluding hydrogens is 1690 g/mol. The van der Waals surface area contributed by atoms with Gasteiger partial charge in [0.25, 0.3) is 0 Å². The summed E-state index contributed by atoms with van der Waals surface area (Å²) in [5, 5.41) is 20.8. The summed E-state index contributed by atoms with van der Waals surface area (Å²) >= 11 is 0. The fraction of sp³-hybridized carbons (Fsp3) is 0.560. The number of morpholine rings is 1. The van der Waals surface area contributed by atoms with Crippen LogP contribution in [-0.4, -0.2) is 148 Å². The van der Waals surface area contributed by atoms with E-state index in [2.05, 4.69) is 190 Å². The maximum Gasteiger partial charge on any atom is 0.202 e. The number of aliphatic hydroxyl groups is 1. The Morgan fingerprint density at radius 2 is 0.941 bits per heavy atom. The first-order chi connectivity index (χ1) is 65.3. The SMILES string of the molecule is C#Cc1cnc(C(=O)Cc2ccc(C3(N4CCCCC4)CCCC3)nc2C2=CCC(C)(C)CC2)[nH]1.CC1(C)CC=C(c2cc(C3(O)CCC(N4CCOCC4)CC3)ccc2CC(=O)c2ncc(C#N)[nH]2)CC1.COCCCC1(c2ccc(CC(=O)c3ncc(C)[nH]3)c(C3=CCC(C)(C)CC3)c2)CCCCC1.Cc1cnc(C(=O)Cc2ccc(C3CCC(=O)CC3)cc2C2=CCC(C)(C)CC2)[nH]1. The number of pyridine rings is 1. The summed E-state index contributed by atoms with van der Waals surface area (Å²) in [6.07, 6.45) is 59.6. The number of terminal acetylenes is 1. The van der Waals surface area contributed by atoms with E-state index in [4.69, 9.17) is 26.1 Å². The molecule has 5 N–H and O–H groups in total. The molecule has 0 unspecified atom stereocenters. The number of Topliss-reactive ketones (excluding diaryl/α,β-unsaturated/α-hetero) is 5. The topological polar surface area (TPSA) is 282 Å². The fourth-order valence-electron chi connectivity index (χ4n) is 23.0. The van der Waals surface area contributed by atoms with E-state index in [1.165, 1.54) is 159 Å². The molecule has 8 aliphatic carbocycles. The van der Waals surface area contributed by atoms with Crippen LogP contribution in [0.1, 0.15) is 412 Å². The van der Waals surface area contributed by atoms with Gasteiger partial charge in [-0.15, -0.1) is 6.42 Å². The van der Waals surface area contributed by atoms with Gasteiger partial charge in [0.15, 0.2) is 23.3 Å². The zero-order valence-corrected chi connectivity index (χ0v) is 83.4. The molecule has 8 aromatic rings. The number of aryl methyl sites for hydroxylation is 2. The normalized spacial score (nSPS) is 22.0. The van der Waals surface area contributed by atoms with Crippen LogP contribution in [0.15, 0.2) is 116 Å². The smallest absolute Gasteiger partial charge is 0.202 e. The van der Waals surface area contributed by atoms with E-state index in [-0.39, 0.29) is 63.9 Å². The van der Waals surface area contributed by atoms with Crippen LogP contribution < -0.4 is 0 Å². The average molecular weight is 1840 g/mol. The molecular formula is C116H150N12O8. The highest BCUT2D eigenvalue weighted by molar-refractivity contribution is 5.97. The number of piperidine rings is 1. The number of ketones is 5. The largest absolute Gasteiger partial charge is 0.385 e. The van der Waals surface area contributed by atoms with Crippen LogP contribution in [0.5, 0.6) is 0 Å². The van der Waals surface area contributed by atoms with E-state index < -0.39 is 5.60 Å². The van der Waals surface area contributed by atoms with Crippen molar-refractivity contribution in [1.82, 2.24) is 54.7 Å². The number of carbonyl (C=O) groups is 5. The molecule has 3 aromatic carbocycles. The molecule has 722 valence electrons. The van der Waals surface area contributed by atoms with Crippen molar-refractivity contribution in [3.63, 3.8) is 0 Å². The van der Waals surface area contributed by atoms with E-state index in [0.29, 0.717) is 82.8 Å². The van der Waals surface area contributed by atoms with Crippen LogP contribution in [0, 0.1) is 59.2 Å². The first-order valence-electron chi connectivity index (χ1n) is 51.4. The predicted molar refractivity (Wildman–Crippen MR) is 541 cm³/mol. The summed E-state index contributed by atoms with van der Waals surface area (Å²) < 4.78 is 10.9. The number of carbonyl (C=O) groups excluding carboxylic acids is 5. The molecule has 2 saturated heterocycles. The number of aromatic nitrogens is 9. The zero-order chi connectivity index (χ0) is 96.0. The van der Waals surface area contributed by atoms with Crippen LogP contribution in [0.3, 0.4) is 0 Å². The molecule has 4 saturated carbocycles. The quantitative estimate of drug-likeness (QED) is 0.0191. The van der Waals surface area contributed by atoms with Crippen molar-refractivity contribution in [1.29, 1.82) is 5.26 Å². The summed E-state index contributed by atoms with van der Waals surface area (Å²) in [6, 6.07) is 26.7. The molecule has 0 atom stereocenters. The minimum Gasteiger partial charge on any atom is -0.385 e. The molecule has 136 heavy (non-hydrogen) atoms. The summed E-state index contributed by atoms with van der Waals surface area (Å²) in [5.41, 5.74) is 22.4. The van der Waals surface area contributed by atoms with Crippen LogP contribution >= 0.6 is 0 Å². The lowest BCUT2D eigenvalue weighted by atomic mass is 9.66. The number of hydrogen-bond donors (Lipinski definition) is 5. The third-order valence-corrected chi connectivity index (χ3v) is 32.0. The number of H-pyrrole nitrogens is 4. The van der Waals surface area contributed by atoms with Crippen LogP contribution in [0.4, 0.5) is 0 Å². The number of rotatable bonds is 26. The molecule has 0 radical (unpaired) electrons. The number of ether oxygens (including phenoxy) is 2. The first-order valence-corrected chi connectivity index (χ1v) is 51.4. The third-order valence-electron chi connectivity index (χ3n) is 32.0. The molecule has 7 heterocycles. The van der Waals surface area contributed by atoms with E-state index >= 15 is 0 Å². The Kier molecular flexibility index (Phi) is 32.7. The van der Waals surface area contributed by atoms with Gasteiger partial charge < -0.3 is 34.5 Å². The minimum atomic E-state index is -0.850. The second-order valence-corrected chi connectivity index (χ2v) is 44.5. The number of aromatic amines is 4. The second kappa shape index (κ2) is 44.3. The van der Waals surface area contributed by atoms with Crippen molar-refractivity contribution in [3.8, 4) is 18.4 Å². The second-order valence-electron chi connectivity index (χ2n) is 44.5. The summed E-state index contributed by atoms with van der Waals surface area (Å²) in [7, 11) is 1.80. The minimum absolute atomic E-state index is 0.0251. The maximum absolute atomic E-state index is 13.1. The Hall–Kier alpha value is -10.2. The highest BCUT2D eigenvalue weighted by Gasteiger charge is 2.45. The van der Waals surface area contributed by atoms with Crippen molar-refractivity contribution in [3.05, 3.63) is 229 Å². The highest BCUT2D eigenvalue weighted by Crippen LogP contribution is 2.51. The lowest BCUT2D eigenvalue weighted by Gasteiger charge is -2.43. The molecule has 0 amide bonds. The fourth-order valence-corrected chi connectivity index (χ4v) is 23.0. The number of imidazole rings is 4. The van der Waals surface area contributed by atoms with Gasteiger partial charge in [-0.1, -0.05) is 179 Å². The van der Waals surface area contributed by atoms with Gasteiger partial charge in [-0.05, 0) is 317 Å². The van der Waals surface area contributed by atoms with Crippen molar-refractivity contribution >= 4 is 51.2 Å². The molecule has 5 aromatic heterocycles. The molecule has 10 aliphatic rings. The van der Waals surface area contributed by atoms with Crippen molar-refractivity contribution in [2.24, 2.45) is 21.7 Å². The van der Waals surface area contributed by atoms with E-state index in [1.54, 1.807) is 25.7 Å². The Balaban J connectivity index is 0.000000138. The van der Waals surface area contributed by atoms with Crippen LogP contribution in [0.2, 0.25) is 0 Å². The molecule has 20 heteroatoms. The van der Waals surface area contributed by atoms with Gasteiger partial charge in [-0.2, -0.15) is 5.26 Å². The van der Waals surface area contributed by atoms with E-state index in [0.717, 1.165) is 199 Å². The number of benzene rings is 3. The summed E-state index contributed by atoms with van der Waals surface area (Å²) in [4.78, 5) is 103. The van der Waals surface area contributed by atoms with Gasteiger partial charge in [0, 0.05) is 95.2 Å². The van der Waals surface area contributed by atoms with Gasteiger partial charge in [0.1, 0.15) is 23.2 Å². The van der Waals surface area contributed by atoms with Crippen molar-refractivity contribution in [2.45, 2.75) is 342 Å². The summed E-state index contributed by atoms with van der Waals surface area (Å²) in [5.74, 6) is 4.69. The van der Waals surface area contributed by atoms with Crippen molar-refractivity contribution in [2.75, 3.05) is 53.1 Å². The van der Waals surface area contributed by atoms with Gasteiger partial charge in [0.05, 0.1) is 48.1 Å². The number of allylic oxidation sites excluding steroid dienone is 8. The number of hydrogen-bond acceptors (Lipinski definition) is 16.